The number of hydrogen-bond donors (Lipinski definition) is 1. The predicted octanol–water partition coefficient (Wildman–Crippen LogP) is 2.22. The number of amides is 1. The molecule has 0 aliphatic rings. The molecule has 104 valence electrons. The summed E-state index contributed by atoms with van der Waals surface area (Å²) in [7, 11) is 0. The Balaban J connectivity index is 3.04. The molecule has 0 radical (unpaired) electrons. The van der Waals surface area contributed by atoms with Crippen LogP contribution in [0, 0.1) is 0 Å². The highest BCUT2D eigenvalue weighted by molar-refractivity contribution is 5.85. The molecule has 7 heteroatoms. The monoisotopic (exact) mass is 275 g/mol. The number of nitrogens with zero attached hydrogens (tertiary/aromatic N) is 1. The van der Waals surface area contributed by atoms with Crippen LogP contribution >= 0.6 is 0 Å². The zero-order chi connectivity index (χ0) is 14.6. The molecule has 0 aromatic heterocycles. The minimum atomic E-state index is -5.10. The number of hydrogen-bond acceptors (Lipinski definition) is 2. The van der Waals surface area contributed by atoms with Crippen molar-refractivity contribution in [3.8, 4) is 0 Å². The van der Waals surface area contributed by atoms with E-state index in [1.54, 1.807) is 18.2 Å². The molecule has 1 N–H and O–H groups in total. The van der Waals surface area contributed by atoms with Crippen molar-refractivity contribution in [2.24, 2.45) is 0 Å². The lowest BCUT2D eigenvalue weighted by Gasteiger charge is -2.28. The van der Waals surface area contributed by atoms with Gasteiger partial charge in [-0.1, -0.05) is 30.3 Å². The van der Waals surface area contributed by atoms with Gasteiger partial charge in [0, 0.05) is 0 Å². The van der Waals surface area contributed by atoms with Crippen molar-refractivity contribution in [1.29, 1.82) is 0 Å². The summed E-state index contributed by atoms with van der Waals surface area (Å²) in [6.45, 7) is 0.344. The molecule has 1 aromatic carbocycles. The van der Waals surface area contributed by atoms with Crippen LogP contribution in [0.15, 0.2) is 30.3 Å². The van der Waals surface area contributed by atoms with Crippen LogP contribution in [-0.2, 0) is 9.59 Å². The normalized spacial score (nSPS) is 12.8. The fourth-order valence-corrected chi connectivity index (χ4v) is 1.60. The van der Waals surface area contributed by atoms with E-state index in [2.05, 4.69) is 0 Å². The summed E-state index contributed by atoms with van der Waals surface area (Å²) in [5.74, 6) is -3.66. The summed E-state index contributed by atoms with van der Waals surface area (Å²) in [4.78, 5) is 22.2. The summed E-state index contributed by atoms with van der Waals surface area (Å²) in [5, 5.41) is 8.63. The Bertz CT molecular complexity index is 459. The van der Waals surface area contributed by atoms with Crippen LogP contribution in [0.2, 0.25) is 0 Å². The summed E-state index contributed by atoms with van der Waals surface area (Å²) in [6, 6.07) is 6.95. The van der Waals surface area contributed by atoms with Gasteiger partial charge < -0.3 is 10.0 Å². The standard InChI is InChI=1S/C12H12F3NO3/c1-8(9-5-3-2-4-6-9)16(7-10(17)18)11(19)12(13,14)15/h2-6,8H,7H2,1H3,(H,17,18). The third-order valence-corrected chi connectivity index (χ3v) is 2.56. The van der Waals surface area contributed by atoms with Gasteiger partial charge in [-0.2, -0.15) is 13.2 Å². The van der Waals surface area contributed by atoms with Gasteiger partial charge in [-0.25, -0.2) is 0 Å². The van der Waals surface area contributed by atoms with E-state index in [4.69, 9.17) is 5.11 Å². The molecule has 0 aliphatic heterocycles. The van der Waals surface area contributed by atoms with Crippen molar-refractivity contribution in [1.82, 2.24) is 4.90 Å². The van der Waals surface area contributed by atoms with E-state index in [0.29, 0.717) is 5.56 Å². The molecule has 0 aliphatic carbocycles. The Morgan fingerprint density at radius 1 is 1.26 bits per heavy atom. The fraction of sp³-hybridized carbons (Fsp3) is 0.333. The zero-order valence-electron chi connectivity index (χ0n) is 10.0. The first-order valence-electron chi connectivity index (χ1n) is 5.38. The van der Waals surface area contributed by atoms with Gasteiger partial charge in [-0.3, -0.25) is 9.59 Å². The third kappa shape index (κ3) is 3.97. The first kappa shape index (κ1) is 15.0. The Hall–Kier alpha value is -2.05. The quantitative estimate of drug-likeness (QED) is 0.916. The van der Waals surface area contributed by atoms with Gasteiger partial charge in [0.1, 0.15) is 6.54 Å². The smallest absolute Gasteiger partial charge is 0.471 e. The molecular formula is C12H12F3NO3. The van der Waals surface area contributed by atoms with Crippen molar-refractivity contribution in [2.45, 2.75) is 19.1 Å². The van der Waals surface area contributed by atoms with Crippen LogP contribution in [-0.4, -0.2) is 34.6 Å². The lowest BCUT2D eigenvalue weighted by atomic mass is 10.1. The van der Waals surface area contributed by atoms with Gasteiger partial charge in [0.2, 0.25) is 0 Å². The van der Waals surface area contributed by atoms with Gasteiger partial charge in [0.25, 0.3) is 0 Å². The Morgan fingerprint density at radius 3 is 2.21 bits per heavy atom. The second-order valence-electron chi connectivity index (χ2n) is 3.91. The summed E-state index contributed by atoms with van der Waals surface area (Å²) >= 11 is 0. The van der Waals surface area contributed by atoms with E-state index >= 15 is 0 Å². The number of carboxylic acid groups (broad SMARTS) is 1. The number of carboxylic acids is 1. The molecule has 19 heavy (non-hydrogen) atoms. The third-order valence-electron chi connectivity index (χ3n) is 2.56. The Labute approximate surface area is 107 Å². The van der Waals surface area contributed by atoms with E-state index in [1.165, 1.54) is 19.1 Å². The van der Waals surface area contributed by atoms with Crippen molar-refractivity contribution in [3.05, 3.63) is 35.9 Å². The first-order chi connectivity index (χ1) is 8.73. The summed E-state index contributed by atoms with van der Waals surface area (Å²) < 4.78 is 37.3. The molecule has 0 saturated heterocycles. The number of carbonyl (C=O) groups excluding carboxylic acids is 1. The topological polar surface area (TPSA) is 57.6 Å². The SMILES string of the molecule is CC(c1ccccc1)N(CC(=O)O)C(=O)C(F)(F)F. The summed E-state index contributed by atoms with van der Waals surface area (Å²) in [6.07, 6.45) is -5.10. The molecule has 1 atom stereocenters. The fourth-order valence-electron chi connectivity index (χ4n) is 1.60. The van der Waals surface area contributed by atoms with Crippen LogP contribution in [0.25, 0.3) is 0 Å². The van der Waals surface area contributed by atoms with Crippen LogP contribution in [0.3, 0.4) is 0 Å². The summed E-state index contributed by atoms with van der Waals surface area (Å²) in [5.41, 5.74) is 0.432. The van der Waals surface area contributed by atoms with E-state index in [9.17, 15) is 22.8 Å². The second-order valence-corrected chi connectivity index (χ2v) is 3.91. The predicted molar refractivity (Wildman–Crippen MR) is 60.3 cm³/mol. The molecule has 0 bridgehead atoms. The van der Waals surface area contributed by atoms with Gasteiger partial charge in [-0.15, -0.1) is 0 Å². The lowest BCUT2D eigenvalue weighted by molar-refractivity contribution is -0.189. The van der Waals surface area contributed by atoms with Gasteiger partial charge in [0.15, 0.2) is 0 Å². The maximum atomic E-state index is 12.4. The first-order valence-corrected chi connectivity index (χ1v) is 5.38. The van der Waals surface area contributed by atoms with E-state index in [1.807, 2.05) is 0 Å². The van der Waals surface area contributed by atoms with E-state index < -0.39 is 30.6 Å². The maximum absolute atomic E-state index is 12.4. The molecular weight excluding hydrogens is 263 g/mol. The average Bonchev–Trinajstić information content (AvgIpc) is 2.34. The molecule has 1 aromatic rings. The highest BCUT2D eigenvalue weighted by Crippen LogP contribution is 2.26. The molecule has 1 amide bonds. The highest BCUT2D eigenvalue weighted by Gasteiger charge is 2.44. The molecule has 1 rings (SSSR count). The minimum absolute atomic E-state index is 0.289. The van der Waals surface area contributed by atoms with Gasteiger partial charge in [0.05, 0.1) is 6.04 Å². The van der Waals surface area contributed by atoms with Crippen LogP contribution < -0.4 is 0 Å². The van der Waals surface area contributed by atoms with E-state index in [-0.39, 0.29) is 4.90 Å². The van der Waals surface area contributed by atoms with Crippen molar-refractivity contribution in [2.75, 3.05) is 6.54 Å². The van der Waals surface area contributed by atoms with Crippen molar-refractivity contribution >= 4 is 11.9 Å². The number of benzene rings is 1. The molecule has 4 nitrogen and oxygen atoms in total. The minimum Gasteiger partial charge on any atom is -0.480 e. The number of rotatable bonds is 4. The van der Waals surface area contributed by atoms with E-state index in [0.717, 1.165) is 0 Å². The van der Waals surface area contributed by atoms with Crippen molar-refractivity contribution < 1.29 is 27.9 Å². The van der Waals surface area contributed by atoms with Gasteiger partial charge in [-0.05, 0) is 12.5 Å². The molecule has 0 spiro atoms. The van der Waals surface area contributed by atoms with Crippen molar-refractivity contribution in [3.63, 3.8) is 0 Å². The number of aliphatic carboxylic acids is 1. The van der Waals surface area contributed by atoms with Crippen LogP contribution in [0.5, 0.6) is 0 Å². The number of alkyl halides is 3. The number of halogens is 3. The average molecular weight is 275 g/mol. The largest absolute Gasteiger partial charge is 0.480 e. The Kier molecular flexibility index (Phi) is 4.52. The molecule has 1 unspecified atom stereocenters. The lowest BCUT2D eigenvalue weighted by Crippen LogP contribution is -2.45. The molecule has 0 fully saturated rings. The Morgan fingerprint density at radius 2 is 1.79 bits per heavy atom. The van der Waals surface area contributed by atoms with Gasteiger partial charge >= 0.3 is 18.1 Å². The molecule has 0 heterocycles. The maximum Gasteiger partial charge on any atom is 0.471 e. The highest BCUT2D eigenvalue weighted by atomic mass is 19.4. The van der Waals surface area contributed by atoms with Crippen LogP contribution in [0.4, 0.5) is 13.2 Å². The van der Waals surface area contributed by atoms with Crippen LogP contribution in [0.1, 0.15) is 18.5 Å². The zero-order valence-corrected chi connectivity index (χ0v) is 10.0. The molecule has 0 saturated carbocycles. The second kappa shape index (κ2) is 5.73. The number of carbonyl (C=O) groups is 2.